The molecule has 2 aromatic rings. The van der Waals surface area contributed by atoms with Crippen LogP contribution in [0.2, 0.25) is 0 Å². The maximum atomic E-state index is 12.4. The molecule has 1 fully saturated rings. The number of hydrogen-bond donors (Lipinski definition) is 0. The van der Waals surface area contributed by atoms with Crippen LogP contribution in [0.15, 0.2) is 42.7 Å². The predicted molar refractivity (Wildman–Crippen MR) is 83.7 cm³/mol. The summed E-state index contributed by atoms with van der Waals surface area (Å²) in [6.45, 7) is 2.19. The van der Waals surface area contributed by atoms with Gasteiger partial charge in [0, 0.05) is 38.2 Å². The molecule has 0 N–H and O–H groups in total. The Morgan fingerprint density at radius 2 is 2.23 bits per heavy atom. The normalized spacial score (nSPS) is 17.6. The lowest BCUT2D eigenvalue weighted by atomic mass is 10.1. The van der Waals surface area contributed by atoms with Gasteiger partial charge in [-0.05, 0) is 36.6 Å². The molecular formula is C17H21N3O2. The number of carbonyl (C=O) groups is 1. The SMILES string of the molecule is CN(CC1CCCO1)C(=O)c1ccc(Cn2cccn2)cc1. The minimum atomic E-state index is 0.0427. The zero-order chi connectivity index (χ0) is 15.4. The number of likely N-dealkylation sites (N-methyl/N-ethyl adjacent to an activating group) is 1. The Morgan fingerprint density at radius 3 is 2.86 bits per heavy atom. The fourth-order valence-electron chi connectivity index (χ4n) is 2.73. The van der Waals surface area contributed by atoms with Crippen LogP contribution in [0.4, 0.5) is 0 Å². The number of ether oxygens (including phenoxy) is 1. The van der Waals surface area contributed by atoms with Crippen LogP contribution in [0.5, 0.6) is 0 Å². The highest BCUT2D eigenvalue weighted by atomic mass is 16.5. The largest absolute Gasteiger partial charge is 0.376 e. The molecule has 0 bridgehead atoms. The van der Waals surface area contributed by atoms with Crippen LogP contribution in [-0.2, 0) is 11.3 Å². The van der Waals surface area contributed by atoms with Gasteiger partial charge in [-0.15, -0.1) is 0 Å². The van der Waals surface area contributed by atoms with E-state index in [1.54, 1.807) is 11.1 Å². The minimum absolute atomic E-state index is 0.0427. The predicted octanol–water partition coefficient (Wildman–Crippen LogP) is 2.18. The first-order valence-electron chi connectivity index (χ1n) is 7.66. The van der Waals surface area contributed by atoms with Gasteiger partial charge in [0.2, 0.25) is 0 Å². The Balaban J connectivity index is 1.60. The third-order valence-corrected chi connectivity index (χ3v) is 3.95. The van der Waals surface area contributed by atoms with Crippen molar-refractivity contribution in [3.63, 3.8) is 0 Å². The summed E-state index contributed by atoms with van der Waals surface area (Å²) in [5.41, 5.74) is 1.84. The molecule has 5 nitrogen and oxygen atoms in total. The number of benzene rings is 1. The van der Waals surface area contributed by atoms with E-state index in [2.05, 4.69) is 5.10 Å². The van der Waals surface area contributed by atoms with Gasteiger partial charge in [0.25, 0.3) is 5.91 Å². The average molecular weight is 299 g/mol. The van der Waals surface area contributed by atoms with Crippen molar-refractivity contribution < 1.29 is 9.53 Å². The lowest BCUT2D eigenvalue weighted by Gasteiger charge is -2.21. The highest BCUT2D eigenvalue weighted by Gasteiger charge is 2.20. The summed E-state index contributed by atoms with van der Waals surface area (Å²) in [6, 6.07) is 9.63. The molecule has 0 spiro atoms. The third-order valence-electron chi connectivity index (χ3n) is 3.95. The van der Waals surface area contributed by atoms with Crippen molar-refractivity contribution in [3.8, 4) is 0 Å². The Kier molecular flexibility index (Phi) is 4.53. The summed E-state index contributed by atoms with van der Waals surface area (Å²) in [6.07, 6.45) is 6.01. The Bertz CT molecular complexity index is 601. The summed E-state index contributed by atoms with van der Waals surface area (Å²) >= 11 is 0. The van der Waals surface area contributed by atoms with Crippen molar-refractivity contribution in [3.05, 3.63) is 53.9 Å². The van der Waals surface area contributed by atoms with Gasteiger partial charge in [-0.3, -0.25) is 9.48 Å². The molecule has 0 saturated carbocycles. The third kappa shape index (κ3) is 3.54. The molecular weight excluding hydrogens is 278 g/mol. The molecule has 1 aromatic heterocycles. The zero-order valence-electron chi connectivity index (χ0n) is 12.8. The second kappa shape index (κ2) is 6.75. The molecule has 1 aliphatic heterocycles. The van der Waals surface area contributed by atoms with E-state index in [9.17, 15) is 4.79 Å². The van der Waals surface area contributed by atoms with E-state index < -0.39 is 0 Å². The van der Waals surface area contributed by atoms with Gasteiger partial charge in [0.1, 0.15) is 0 Å². The zero-order valence-corrected chi connectivity index (χ0v) is 12.8. The second-order valence-corrected chi connectivity index (χ2v) is 5.72. The lowest BCUT2D eigenvalue weighted by molar-refractivity contribution is 0.0587. The number of nitrogens with zero attached hydrogens (tertiary/aromatic N) is 3. The van der Waals surface area contributed by atoms with Crippen molar-refractivity contribution in [1.29, 1.82) is 0 Å². The topological polar surface area (TPSA) is 47.4 Å². The van der Waals surface area contributed by atoms with Crippen molar-refractivity contribution >= 4 is 5.91 Å². The van der Waals surface area contributed by atoms with Gasteiger partial charge in [-0.2, -0.15) is 5.10 Å². The van der Waals surface area contributed by atoms with Crippen molar-refractivity contribution in [2.24, 2.45) is 0 Å². The van der Waals surface area contributed by atoms with Crippen LogP contribution in [-0.4, -0.2) is 46.9 Å². The summed E-state index contributed by atoms with van der Waals surface area (Å²) in [5, 5.41) is 4.18. The first kappa shape index (κ1) is 14.8. The molecule has 2 heterocycles. The average Bonchev–Trinajstić information content (AvgIpc) is 3.21. The van der Waals surface area contributed by atoms with Crippen LogP contribution in [0.1, 0.15) is 28.8 Å². The van der Waals surface area contributed by atoms with E-state index in [0.29, 0.717) is 18.7 Å². The maximum absolute atomic E-state index is 12.4. The number of rotatable bonds is 5. The van der Waals surface area contributed by atoms with E-state index >= 15 is 0 Å². The lowest BCUT2D eigenvalue weighted by Crippen LogP contribution is -2.34. The van der Waals surface area contributed by atoms with Crippen LogP contribution < -0.4 is 0 Å². The van der Waals surface area contributed by atoms with Gasteiger partial charge >= 0.3 is 0 Å². The smallest absolute Gasteiger partial charge is 0.253 e. The van der Waals surface area contributed by atoms with Gasteiger partial charge in [0.05, 0.1) is 12.6 Å². The van der Waals surface area contributed by atoms with Crippen LogP contribution in [0.3, 0.4) is 0 Å². The van der Waals surface area contributed by atoms with Crippen LogP contribution in [0.25, 0.3) is 0 Å². The van der Waals surface area contributed by atoms with E-state index in [4.69, 9.17) is 4.74 Å². The van der Waals surface area contributed by atoms with Gasteiger partial charge < -0.3 is 9.64 Å². The Labute approximate surface area is 130 Å². The molecule has 22 heavy (non-hydrogen) atoms. The molecule has 0 radical (unpaired) electrons. The van der Waals surface area contributed by atoms with Crippen molar-refractivity contribution in [2.45, 2.75) is 25.5 Å². The Hall–Kier alpha value is -2.14. The molecule has 1 amide bonds. The molecule has 1 atom stereocenters. The number of aromatic nitrogens is 2. The Morgan fingerprint density at radius 1 is 1.41 bits per heavy atom. The molecule has 116 valence electrons. The molecule has 1 aliphatic rings. The van der Waals surface area contributed by atoms with Gasteiger partial charge in [0.15, 0.2) is 0 Å². The maximum Gasteiger partial charge on any atom is 0.253 e. The number of carbonyl (C=O) groups excluding carboxylic acids is 1. The van der Waals surface area contributed by atoms with Gasteiger partial charge in [-0.25, -0.2) is 0 Å². The van der Waals surface area contributed by atoms with E-state index in [-0.39, 0.29) is 12.0 Å². The number of hydrogen-bond acceptors (Lipinski definition) is 3. The molecule has 3 rings (SSSR count). The summed E-state index contributed by atoms with van der Waals surface area (Å²) < 4.78 is 7.45. The van der Waals surface area contributed by atoms with Crippen LogP contribution >= 0.6 is 0 Å². The highest BCUT2D eigenvalue weighted by Crippen LogP contribution is 2.14. The minimum Gasteiger partial charge on any atom is -0.376 e. The quantitative estimate of drug-likeness (QED) is 0.850. The van der Waals surface area contributed by atoms with Crippen LogP contribution in [0, 0.1) is 0 Å². The summed E-state index contributed by atoms with van der Waals surface area (Å²) in [5.74, 6) is 0.0427. The summed E-state index contributed by atoms with van der Waals surface area (Å²) in [7, 11) is 1.83. The highest BCUT2D eigenvalue weighted by molar-refractivity contribution is 5.94. The first-order chi connectivity index (χ1) is 10.7. The van der Waals surface area contributed by atoms with E-state index in [0.717, 1.165) is 25.0 Å². The monoisotopic (exact) mass is 299 g/mol. The summed E-state index contributed by atoms with van der Waals surface area (Å²) in [4.78, 5) is 14.2. The fraction of sp³-hybridized carbons (Fsp3) is 0.412. The molecule has 0 aliphatic carbocycles. The van der Waals surface area contributed by atoms with Crippen molar-refractivity contribution in [2.75, 3.05) is 20.2 Å². The molecule has 1 saturated heterocycles. The van der Waals surface area contributed by atoms with E-state index in [1.807, 2.05) is 48.3 Å². The fourth-order valence-corrected chi connectivity index (χ4v) is 2.73. The standard InChI is InChI=1S/C17H21N3O2/c1-19(13-16-4-2-11-22-16)17(21)15-7-5-14(6-8-15)12-20-10-3-9-18-20/h3,5-10,16H,2,4,11-13H2,1H3. The molecule has 1 aromatic carbocycles. The molecule has 5 heteroatoms. The first-order valence-corrected chi connectivity index (χ1v) is 7.66. The van der Waals surface area contributed by atoms with E-state index in [1.165, 1.54) is 0 Å². The second-order valence-electron chi connectivity index (χ2n) is 5.72. The van der Waals surface area contributed by atoms with Gasteiger partial charge in [-0.1, -0.05) is 12.1 Å². The molecule has 1 unspecified atom stereocenters. The van der Waals surface area contributed by atoms with Crippen molar-refractivity contribution in [1.82, 2.24) is 14.7 Å². The number of amides is 1.